The summed E-state index contributed by atoms with van der Waals surface area (Å²) in [6.45, 7) is 5.92. The molecule has 0 spiro atoms. The van der Waals surface area contributed by atoms with Gasteiger partial charge < -0.3 is 29.7 Å². The molecule has 1 fully saturated rings. The molecule has 3 N–H and O–H groups in total. The third-order valence-corrected chi connectivity index (χ3v) is 6.05. The first-order valence-corrected chi connectivity index (χ1v) is 12.4. The topological polar surface area (TPSA) is 127 Å². The van der Waals surface area contributed by atoms with E-state index in [1.807, 2.05) is 0 Å². The van der Waals surface area contributed by atoms with Gasteiger partial charge in [0.15, 0.2) is 5.54 Å². The van der Waals surface area contributed by atoms with Gasteiger partial charge in [0, 0.05) is 31.1 Å². The highest BCUT2D eigenvalue weighted by Crippen LogP contribution is 2.30. The summed E-state index contributed by atoms with van der Waals surface area (Å²) in [5, 5.41) is 21.7. The molecule has 1 aromatic rings. The van der Waals surface area contributed by atoms with Crippen molar-refractivity contribution in [3.63, 3.8) is 0 Å². The molecule has 0 bridgehead atoms. The van der Waals surface area contributed by atoms with Crippen molar-refractivity contribution in [1.29, 1.82) is 0 Å². The Kier molecular flexibility index (Phi) is 9.13. The van der Waals surface area contributed by atoms with Crippen LogP contribution in [0, 0.1) is 0 Å². The Bertz CT molecular complexity index is 886. The average molecular weight is 491 g/mol. The Hall–Kier alpha value is -2.65. The minimum absolute atomic E-state index is 0.0288. The molecular formula is C26H38N2O7. The van der Waals surface area contributed by atoms with Crippen molar-refractivity contribution in [2.45, 2.75) is 89.0 Å². The molecule has 1 aliphatic heterocycles. The number of amides is 1. The zero-order valence-electron chi connectivity index (χ0n) is 20.9. The third kappa shape index (κ3) is 7.93. The number of rotatable bonds is 10. The predicted octanol–water partition coefficient (Wildman–Crippen LogP) is 2.50. The molecule has 0 saturated heterocycles. The van der Waals surface area contributed by atoms with E-state index in [1.165, 1.54) is 0 Å². The van der Waals surface area contributed by atoms with Gasteiger partial charge in [-0.15, -0.1) is 0 Å². The first kappa shape index (κ1) is 26.9. The minimum Gasteiger partial charge on any atom is -0.494 e. The average Bonchev–Trinajstić information content (AvgIpc) is 3.25. The number of ether oxygens (including phenoxy) is 3. The molecule has 1 aliphatic carbocycles. The van der Waals surface area contributed by atoms with Gasteiger partial charge in [0.1, 0.15) is 18.0 Å². The lowest BCUT2D eigenvalue weighted by molar-refractivity contribution is -0.155. The van der Waals surface area contributed by atoms with Crippen molar-refractivity contribution in [3.05, 3.63) is 29.8 Å². The van der Waals surface area contributed by atoms with Crippen LogP contribution in [-0.4, -0.2) is 71.1 Å². The number of nitrogens with zero attached hydrogens (tertiary/aromatic N) is 1. The van der Waals surface area contributed by atoms with Crippen LogP contribution in [0.15, 0.2) is 29.3 Å². The van der Waals surface area contributed by atoms with Crippen LogP contribution in [-0.2, 0) is 19.1 Å². The lowest BCUT2D eigenvalue weighted by Crippen LogP contribution is -2.51. The van der Waals surface area contributed by atoms with Crippen LogP contribution in [0.2, 0.25) is 0 Å². The Morgan fingerprint density at radius 3 is 2.49 bits per heavy atom. The Balaban J connectivity index is 1.74. The highest BCUT2D eigenvalue weighted by Gasteiger charge is 2.45. The molecule has 194 valence electrons. The first-order chi connectivity index (χ1) is 16.6. The van der Waals surface area contributed by atoms with Gasteiger partial charge in [0.2, 0.25) is 5.90 Å². The molecule has 1 atom stereocenters. The Morgan fingerprint density at radius 2 is 1.86 bits per heavy atom. The van der Waals surface area contributed by atoms with Crippen LogP contribution in [0.4, 0.5) is 0 Å². The van der Waals surface area contributed by atoms with Crippen LogP contribution >= 0.6 is 0 Å². The molecule has 1 aromatic carbocycles. The van der Waals surface area contributed by atoms with Crippen molar-refractivity contribution in [3.8, 4) is 5.75 Å². The second-order valence-electron chi connectivity index (χ2n) is 10.3. The monoisotopic (exact) mass is 490 g/mol. The van der Waals surface area contributed by atoms with Crippen molar-refractivity contribution >= 4 is 17.8 Å². The van der Waals surface area contributed by atoms with E-state index in [2.05, 4.69) is 5.32 Å². The number of aliphatic hydroxyl groups excluding tert-OH is 2. The molecule has 3 rings (SSSR count). The van der Waals surface area contributed by atoms with Gasteiger partial charge in [-0.1, -0.05) is 0 Å². The van der Waals surface area contributed by atoms with Crippen LogP contribution in [0.25, 0.3) is 0 Å². The highest BCUT2D eigenvalue weighted by atomic mass is 16.6. The minimum atomic E-state index is -1.24. The van der Waals surface area contributed by atoms with Crippen LogP contribution in [0.1, 0.15) is 71.3 Å². The van der Waals surface area contributed by atoms with Gasteiger partial charge in [-0.3, -0.25) is 9.59 Å². The second kappa shape index (κ2) is 11.9. The zero-order valence-corrected chi connectivity index (χ0v) is 20.9. The maximum absolute atomic E-state index is 13.4. The molecule has 0 aromatic heterocycles. The summed E-state index contributed by atoms with van der Waals surface area (Å²) >= 11 is 0. The zero-order chi connectivity index (χ0) is 25.5. The van der Waals surface area contributed by atoms with E-state index in [0.717, 1.165) is 0 Å². The van der Waals surface area contributed by atoms with Crippen molar-refractivity contribution in [2.75, 3.05) is 19.8 Å². The maximum Gasteiger partial charge on any atom is 0.306 e. The Morgan fingerprint density at radius 1 is 1.17 bits per heavy atom. The normalized spacial score (nSPS) is 24.3. The van der Waals surface area contributed by atoms with E-state index in [1.54, 1.807) is 45.0 Å². The SMILES string of the molecule is CC(C)(C)OC(=O)CC[C@]1(C(=O)NC2CCC(O)CC2)COC(c2ccc(OCCCO)cc2)=N1. The number of esters is 1. The number of hydrogen-bond donors (Lipinski definition) is 3. The molecule has 1 saturated carbocycles. The quantitative estimate of drug-likeness (QED) is 0.340. The predicted molar refractivity (Wildman–Crippen MR) is 130 cm³/mol. The number of hydrogen-bond acceptors (Lipinski definition) is 8. The number of benzene rings is 1. The van der Waals surface area contributed by atoms with Crippen LogP contribution in [0.3, 0.4) is 0 Å². The Labute approximate surface area is 206 Å². The summed E-state index contributed by atoms with van der Waals surface area (Å²) in [4.78, 5) is 30.5. The summed E-state index contributed by atoms with van der Waals surface area (Å²) in [6, 6.07) is 7.13. The number of aliphatic imine (C=N–C) groups is 1. The van der Waals surface area contributed by atoms with Crippen LogP contribution in [0.5, 0.6) is 5.75 Å². The maximum atomic E-state index is 13.4. The lowest BCUT2D eigenvalue weighted by atomic mass is 9.90. The first-order valence-electron chi connectivity index (χ1n) is 12.4. The molecular weight excluding hydrogens is 452 g/mol. The molecule has 0 radical (unpaired) electrons. The number of aliphatic hydroxyl groups is 2. The fourth-order valence-electron chi connectivity index (χ4n) is 4.14. The molecule has 2 aliphatic rings. The van der Waals surface area contributed by atoms with Gasteiger partial charge in [0.05, 0.1) is 12.7 Å². The van der Waals surface area contributed by atoms with E-state index >= 15 is 0 Å². The molecule has 1 heterocycles. The van der Waals surface area contributed by atoms with Crippen molar-refractivity contribution in [2.24, 2.45) is 4.99 Å². The molecule has 9 nitrogen and oxygen atoms in total. The fraction of sp³-hybridized carbons (Fsp3) is 0.654. The summed E-state index contributed by atoms with van der Waals surface area (Å²) in [5.74, 6) is 0.333. The largest absolute Gasteiger partial charge is 0.494 e. The fourth-order valence-corrected chi connectivity index (χ4v) is 4.14. The van der Waals surface area contributed by atoms with E-state index in [0.29, 0.717) is 55.9 Å². The number of carbonyl (C=O) groups excluding carboxylic acids is 2. The summed E-state index contributed by atoms with van der Waals surface area (Å²) < 4.78 is 16.9. The summed E-state index contributed by atoms with van der Waals surface area (Å²) in [5.41, 5.74) is -1.15. The number of carbonyl (C=O) groups is 2. The van der Waals surface area contributed by atoms with Gasteiger partial charge in [-0.2, -0.15) is 0 Å². The molecule has 35 heavy (non-hydrogen) atoms. The molecule has 0 unspecified atom stereocenters. The summed E-state index contributed by atoms with van der Waals surface area (Å²) in [6.07, 6.45) is 3.11. The van der Waals surface area contributed by atoms with E-state index in [9.17, 15) is 14.7 Å². The van der Waals surface area contributed by atoms with E-state index in [4.69, 9.17) is 24.3 Å². The van der Waals surface area contributed by atoms with E-state index in [-0.39, 0.29) is 44.1 Å². The van der Waals surface area contributed by atoms with Gasteiger partial charge in [-0.25, -0.2) is 4.99 Å². The van der Waals surface area contributed by atoms with Gasteiger partial charge in [0.25, 0.3) is 5.91 Å². The van der Waals surface area contributed by atoms with E-state index < -0.39 is 17.1 Å². The van der Waals surface area contributed by atoms with Gasteiger partial charge >= 0.3 is 5.97 Å². The lowest BCUT2D eigenvalue weighted by Gasteiger charge is -2.30. The van der Waals surface area contributed by atoms with Crippen molar-refractivity contribution in [1.82, 2.24) is 5.32 Å². The van der Waals surface area contributed by atoms with Gasteiger partial charge in [-0.05, 0) is 77.1 Å². The number of nitrogens with one attached hydrogen (secondary N) is 1. The van der Waals surface area contributed by atoms with Crippen molar-refractivity contribution < 1.29 is 34.0 Å². The highest BCUT2D eigenvalue weighted by molar-refractivity contribution is 6.00. The standard InChI is InChI=1S/C26H38N2O7/c1-25(2,3)35-22(31)13-14-26(24(32)27-19-7-9-20(30)10-8-19)17-34-23(28-26)18-5-11-21(12-6-18)33-16-4-15-29/h5-6,11-12,19-20,29-30H,4,7-10,13-17H2,1-3H3,(H,27,32)/t19?,20?,26-/m1/s1. The van der Waals surface area contributed by atoms with Crippen LogP contribution < -0.4 is 10.1 Å². The summed E-state index contributed by atoms with van der Waals surface area (Å²) in [7, 11) is 0. The third-order valence-electron chi connectivity index (χ3n) is 6.05. The molecule has 9 heteroatoms. The smallest absolute Gasteiger partial charge is 0.306 e. The molecule has 1 amide bonds. The second-order valence-corrected chi connectivity index (χ2v) is 10.3.